The summed E-state index contributed by atoms with van der Waals surface area (Å²) >= 11 is 1.51. The molecule has 0 radical (unpaired) electrons. The van der Waals surface area contributed by atoms with Crippen molar-refractivity contribution in [1.82, 2.24) is 15.5 Å². The van der Waals surface area contributed by atoms with Gasteiger partial charge in [0.2, 0.25) is 17.6 Å². The van der Waals surface area contributed by atoms with Crippen LogP contribution < -0.4 is 5.32 Å². The van der Waals surface area contributed by atoms with Crippen LogP contribution in [-0.2, 0) is 11.3 Å². The molecule has 1 atom stereocenters. The Balaban J connectivity index is 1.54. The summed E-state index contributed by atoms with van der Waals surface area (Å²) in [7, 11) is 0. The molecule has 5 nitrogen and oxygen atoms in total. The lowest BCUT2D eigenvalue weighted by molar-refractivity contribution is -0.120. The number of aromatic nitrogens is 2. The second-order valence-electron chi connectivity index (χ2n) is 5.17. The average Bonchev–Trinajstić information content (AvgIpc) is 3.10. The number of thioether (sulfide) groups is 1. The van der Waals surface area contributed by atoms with Crippen molar-refractivity contribution in [3.05, 3.63) is 66.6 Å². The molecular weight excluding hydrogens is 322 g/mol. The van der Waals surface area contributed by atoms with Crippen molar-refractivity contribution in [2.24, 2.45) is 0 Å². The van der Waals surface area contributed by atoms with Gasteiger partial charge in [-0.25, -0.2) is 0 Å². The lowest BCUT2D eigenvalue weighted by Gasteiger charge is -2.10. The van der Waals surface area contributed by atoms with Crippen LogP contribution in [0.1, 0.15) is 12.8 Å². The standard InChI is InChI=1S/C18H17N3O2S/c1-13(24-15-10-6-3-7-11-15)18(22)19-12-16-20-17(21-23-16)14-8-4-2-5-9-14/h2-11,13H,12H2,1H3,(H,19,22)/t13-/m0/s1. The van der Waals surface area contributed by atoms with Gasteiger partial charge in [0.1, 0.15) is 0 Å². The summed E-state index contributed by atoms with van der Waals surface area (Å²) in [5.74, 6) is 0.842. The summed E-state index contributed by atoms with van der Waals surface area (Å²) in [6.07, 6.45) is 0. The predicted molar refractivity (Wildman–Crippen MR) is 93.3 cm³/mol. The molecule has 0 saturated heterocycles. The molecule has 0 spiro atoms. The van der Waals surface area contributed by atoms with E-state index in [0.717, 1.165) is 10.5 Å². The van der Waals surface area contributed by atoms with E-state index < -0.39 is 0 Å². The van der Waals surface area contributed by atoms with Gasteiger partial charge in [-0.05, 0) is 19.1 Å². The van der Waals surface area contributed by atoms with Crippen LogP contribution in [0.25, 0.3) is 11.4 Å². The molecular formula is C18H17N3O2S. The highest BCUT2D eigenvalue weighted by molar-refractivity contribution is 8.00. The first-order valence-electron chi connectivity index (χ1n) is 7.60. The minimum Gasteiger partial charge on any atom is -0.346 e. The van der Waals surface area contributed by atoms with E-state index in [0.29, 0.717) is 11.7 Å². The number of rotatable bonds is 6. The monoisotopic (exact) mass is 339 g/mol. The van der Waals surface area contributed by atoms with Crippen molar-refractivity contribution < 1.29 is 9.32 Å². The number of carbonyl (C=O) groups is 1. The van der Waals surface area contributed by atoms with Crippen molar-refractivity contribution in [2.75, 3.05) is 0 Å². The molecule has 1 heterocycles. The quantitative estimate of drug-likeness (QED) is 0.696. The van der Waals surface area contributed by atoms with E-state index in [1.165, 1.54) is 11.8 Å². The van der Waals surface area contributed by atoms with Gasteiger partial charge in [-0.1, -0.05) is 53.7 Å². The van der Waals surface area contributed by atoms with Crippen LogP contribution in [0.15, 0.2) is 70.1 Å². The van der Waals surface area contributed by atoms with Crippen LogP contribution in [0, 0.1) is 0 Å². The zero-order valence-electron chi connectivity index (χ0n) is 13.2. The normalized spacial score (nSPS) is 11.9. The molecule has 0 unspecified atom stereocenters. The van der Waals surface area contributed by atoms with E-state index in [2.05, 4.69) is 15.5 Å². The molecule has 0 aliphatic rings. The van der Waals surface area contributed by atoms with Crippen molar-refractivity contribution in [3.8, 4) is 11.4 Å². The lowest BCUT2D eigenvalue weighted by atomic mass is 10.2. The Hall–Kier alpha value is -2.60. The molecule has 24 heavy (non-hydrogen) atoms. The second kappa shape index (κ2) is 7.79. The molecule has 1 N–H and O–H groups in total. The van der Waals surface area contributed by atoms with Crippen LogP contribution in [0.3, 0.4) is 0 Å². The summed E-state index contributed by atoms with van der Waals surface area (Å²) in [6.45, 7) is 2.09. The first kappa shape index (κ1) is 16.3. The molecule has 3 aromatic rings. The number of carbonyl (C=O) groups excluding carboxylic acids is 1. The fourth-order valence-corrected chi connectivity index (χ4v) is 3.01. The molecule has 1 amide bonds. The highest BCUT2D eigenvalue weighted by Crippen LogP contribution is 2.22. The smallest absolute Gasteiger partial charge is 0.246 e. The van der Waals surface area contributed by atoms with Gasteiger partial charge in [-0.2, -0.15) is 4.98 Å². The maximum atomic E-state index is 12.2. The zero-order valence-corrected chi connectivity index (χ0v) is 14.0. The zero-order chi connectivity index (χ0) is 16.8. The van der Waals surface area contributed by atoms with Crippen LogP contribution >= 0.6 is 11.8 Å². The van der Waals surface area contributed by atoms with Crippen molar-refractivity contribution in [3.63, 3.8) is 0 Å². The summed E-state index contributed by atoms with van der Waals surface area (Å²) in [6, 6.07) is 19.4. The minimum atomic E-state index is -0.205. The predicted octanol–water partition coefficient (Wildman–Crippen LogP) is 3.53. The van der Waals surface area contributed by atoms with Crippen LogP contribution in [0.2, 0.25) is 0 Å². The van der Waals surface area contributed by atoms with E-state index in [-0.39, 0.29) is 17.7 Å². The van der Waals surface area contributed by atoms with Gasteiger partial charge in [0.25, 0.3) is 0 Å². The van der Waals surface area contributed by atoms with Gasteiger partial charge in [0.05, 0.1) is 11.8 Å². The van der Waals surface area contributed by atoms with Gasteiger partial charge in [-0.3, -0.25) is 4.79 Å². The lowest BCUT2D eigenvalue weighted by Crippen LogP contribution is -2.30. The van der Waals surface area contributed by atoms with Gasteiger partial charge >= 0.3 is 0 Å². The molecule has 0 bridgehead atoms. The highest BCUT2D eigenvalue weighted by atomic mass is 32.2. The number of hydrogen-bond acceptors (Lipinski definition) is 5. The Labute approximate surface area is 144 Å². The summed E-state index contributed by atoms with van der Waals surface area (Å²) in [4.78, 5) is 17.5. The van der Waals surface area contributed by atoms with E-state index in [4.69, 9.17) is 4.52 Å². The van der Waals surface area contributed by atoms with E-state index in [9.17, 15) is 4.79 Å². The molecule has 0 saturated carbocycles. The maximum Gasteiger partial charge on any atom is 0.246 e. The molecule has 0 aliphatic heterocycles. The number of hydrogen-bond donors (Lipinski definition) is 1. The molecule has 0 aliphatic carbocycles. The summed E-state index contributed by atoms with van der Waals surface area (Å²) < 4.78 is 5.18. The average molecular weight is 339 g/mol. The van der Waals surface area contributed by atoms with Crippen LogP contribution in [0.5, 0.6) is 0 Å². The van der Waals surface area contributed by atoms with Crippen LogP contribution in [0.4, 0.5) is 0 Å². The maximum absolute atomic E-state index is 12.2. The molecule has 122 valence electrons. The fourth-order valence-electron chi connectivity index (χ4n) is 2.09. The van der Waals surface area contributed by atoms with E-state index in [1.807, 2.05) is 67.6 Å². The van der Waals surface area contributed by atoms with Crippen LogP contribution in [-0.4, -0.2) is 21.3 Å². The molecule has 6 heteroatoms. The van der Waals surface area contributed by atoms with E-state index >= 15 is 0 Å². The van der Waals surface area contributed by atoms with E-state index in [1.54, 1.807) is 0 Å². The fraction of sp³-hybridized carbons (Fsp3) is 0.167. The molecule has 2 aromatic carbocycles. The molecule has 3 rings (SSSR count). The molecule has 1 aromatic heterocycles. The number of nitrogens with zero attached hydrogens (tertiary/aromatic N) is 2. The SMILES string of the molecule is C[C@H](Sc1ccccc1)C(=O)NCc1nc(-c2ccccc2)no1. The van der Waals surface area contributed by atoms with Gasteiger partial charge < -0.3 is 9.84 Å². The second-order valence-corrected chi connectivity index (χ2v) is 6.58. The number of benzene rings is 2. The topological polar surface area (TPSA) is 68.0 Å². The summed E-state index contributed by atoms with van der Waals surface area (Å²) in [5, 5.41) is 6.56. The van der Waals surface area contributed by atoms with Gasteiger partial charge in [0, 0.05) is 10.5 Å². The Morgan fingerprint density at radius 2 is 1.79 bits per heavy atom. The minimum absolute atomic E-state index is 0.0664. The number of amides is 1. The highest BCUT2D eigenvalue weighted by Gasteiger charge is 2.15. The Bertz CT molecular complexity index is 790. The van der Waals surface area contributed by atoms with Gasteiger partial charge in [0.15, 0.2) is 0 Å². The molecule has 0 fully saturated rings. The van der Waals surface area contributed by atoms with Crippen molar-refractivity contribution in [1.29, 1.82) is 0 Å². The third-order valence-corrected chi connectivity index (χ3v) is 4.45. The Morgan fingerprint density at radius 3 is 2.50 bits per heavy atom. The Kier molecular flexibility index (Phi) is 5.28. The largest absolute Gasteiger partial charge is 0.346 e. The summed E-state index contributed by atoms with van der Waals surface area (Å²) in [5.41, 5.74) is 0.881. The third-order valence-electron chi connectivity index (χ3n) is 3.34. The Morgan fingerprint density at radius 1 is 1.12 bits per heavy atom. The van der Waals surface area contributed by atoms with Crippen molar-refractivity contribution >= 4 is 17.7 Å². The first-order chi connectivity index (χ1) is 11.7. The number of nitrogens with one attached hydrogen (secondary N) is 1. The van der Waals surface area contributed by atoms with Crippen molar-refractivity contribution in [2.45, 2.75) is 23.6 Å². The van der Waals surface area contributed by atoms with Gasteiger partial charge in [-0.15, -0.1) is 11.8 Å². The first-order valence-corrected chi connectivity index (χ1v) is 8.48. The third kappa shape index (κ3) is 4.23.